The number of allylic oxidation sites excluding steroid dienone is 2. The minimum atomic E-state index is 0.139. The van der Waals surface area contributed by atoms with Crippen LogP contribution in [0.25, 0.3) is 0 Å². The Balaban J connectivity index is 0. The van der Waals surface area contributed by atoms with Gasteiger partial charge < -0.3 is 15.8 Å². The van der Waals surface area contributed by atoms with Crippen LogP contribution in [0.15, 0.2) is 37.0 Å². The Bertz CT molecular complexity index is 256. The van der Waals surface area contributed by atoms with Crippen molar-refractivity contribution in [2.75, 3.05) is 39.3 Å². The fourth-order valence-corrected chi connectivity index (χ4v) is 1.46. The first-order valence-electron chi connectivity index (χ1n) is 6.79. The Morgan fingerprint density at radius 3 is 2.21 bits per heavy atom. The Morgan fingerprint density at radius 2 is 1.84 bits per heavy atom. The fraction of sp³-hybridized carbons (Fsp3) is 0.533. The van der Waals surface area contributed by atoms with Crippen LogP contribution < -0.4 is 11.1 Å². The first-order valence-corrected chi connectivity index (χ1v) is 6.79. The quantitative estimate of drug-likeness (QED) is 0.583. The van der Waals surface area contributed by atoms with Gasteiger partial charge in [-0.05, 0) is 5.57 Å². The molecule has 0 aliphatic carbocycles. The molecule has 1 rings (SSSR count). The number of carbonyl (C=O) groups excluding carboxylic acids is 1. The van der Waals surface area contributed by atoms with Crippen LogP contribution in [0.5, 0.6) is 0 Å². The molecule has 1 saturated heterocycles. The molecule has 0 atom stereocenters. The molecule has 3 N–H and O–H groups in total. The average Bonchev–Trinajstić information content (AvgIpc) is 2.50. The van der Waals surface area contributed by atoms with Crippen LogP contribution >= 0.6 is 0 Å². The molecule has 4 nitrogen and oxygen atoms in total. The summed E-state index contributed by atoms with van der Waals surface area (Å²) < 4.78 is 0. The van der Waals surface area contributed by atoms with Crippen LogP contribution in [0, 0.1) is 0 Å². The number of hydrogen-bond acceptors (Lipinski definition) is 4. The summed E-state index contributed by atoms with van der Waals surface area (Å²) in [6.45, 7) is 17.1. The summed E-state index contributed by atoms with van der Waals surface area (Å²) >= 11 is 0. The number of nitrogens with two attached hydrogens (primary N) is 1. The number of aldehydes is 1. The molecule has 1 heterocycles. The standard InChI is InChI=1S/C11H18N2.C2H5NO.C2H6/c1-3-5-11(4-2)10-13-8-6-12-7-9-13;3-1-2-4;1-2/h3-5,12H,1-2,6-10H2;2H,1,3H2;1-2H3/b11-5+;;. The summed E-state index contributed by atoms with van der Waals surface area (Å²) in [5.74, 6) is 0. The lowest BCUT2D eigenvalue weighted by atomic mass is 10.2. The van der Waals surface area contributed by atoms with E-state index in [4.69, 9.17) is 4.79 Å². The number of piperazine rings is 1. The lowest BCUT2D eigenvalue weighted by Gasteiger charge is -2.27. The highest BCUT2D eigenvalue weighted by Gasteiger charge is 2.09. The van der Waals surface area contributed by atoms with Crippen LogP contribution in [0.3, 0.4) is 0 Å². The molecule has 0 spiro atoms. The maximum atomic E-state index is 9.05. The second-order valence-electron chi connectivity index (χ2n) is 3.61. The average molecular weight is 267 g/mol. The molecule has 110 valence electrons. The van der Waals surface area contributed by atoms with Crippen LogP contribution in [-0.4, -0.2) is 50.5 Å². The fourth-order valence-electron chi connectivity index (χ4n) is 1.46. The Labute approximate surface area is 118 Å². The van der Waals surface area contributed by atoms with Gasteiger partial charge in [0, 0.05) is 39.3 Å². The highest BCUT2D eigenvalue weighted by atomic mass is 16.1. The van der Waals surface area contributed by atoms with Gasteiger partial charge in [0.05, 0.1) is 0 Å². The molecule has 0 amide bonds. The van der Waals surface area contributed by atoms with Crippen molar-refractivity contribution in [1.82, 2.24) is 10.2 Å². The summed E-state index contributed by atoms with van der Waals surface area (Å²) in [5, 5.41) is 3.33. The SMILES string of the molecule is C=C/C=C(\C=C)CN1CCNCC1.CC.NCC=O. The number of nitrogens with zero attached hydrogens (tertiary/aromatic N) is 1. The van der Waals surface area contributed by atoms with Crippen LogP contribution in [0.4, 0.5) is 0 Å². The van der Waals surface area contributed by atoms with Crippen molar-refractivity contribution >= 4 is 6.29 Å². The molecule has 19 heavy (non-hydrogen) atoms. The highest BCUT2D eigenvalue weighted by molar-refractivity contribution is 5.51. The minimum Gasteiger partial charge on any atom is -0.324 e. The number of hydrogen-bond donors (Lipinski definition) is 2. The van der Waals surface area contributed by atoms with Gasteiger partial charge in [0.2, 0.25) is 0 Å². The monoisotopic (exact) mass is 267 g/mol. The molecule has 1 fully saturated rings. The van der Waals surface area contributed by atoms with Crippen LogP contribution in [0.2, 0.25) is 0 Å². The maximum absolute atomic E-state index is 9.05. The lowest BCUT2D eigenvalue weighted by molar-refractivity contribution is -0.106. The van der Waals surface area contributed by atoms with E-state index in [1.165, 1.54) is 5.57 Å². The van der Waals surface area contributed by atoms with Gasteiger partial charge in [0.25, 0.3) is 0 Å². The molecule has 0 bridgehead atoms. The zero-order valence-electron chi connectivity index (χ0n) is 12.4. The van der Waals surface area contributed by atoms with E-state index in [0.717, 1.165) is 32.7 Å². The van der Waals surface area contributed by atoms with E-state index in [1.807, 2.05) is 32.1 Å². The second kappa shape index (κ2) is 16.8. The molecule has 4 heteroatoms. The molecule has 0 aromatic heterocycles. The van der Waals surface area contributed by atoms with Gasteiger partial charge in [0.15, 0.2) is 0 Å². The first-order chi connectivity index (χ1) is 9.28. The zero-order chi connectivity index (χ0) is 14.9. The van der Waals surface area contributed by atoms with Crippen molar-refractivity contribution in [3.63, 3.8) is 0 Å². The van der Waals surface area contributed by atoms with E-state index >= 15 is 0 Å². The smallest absolute Gasteiger partial charge is 0.133 e. The summed E-state index contributed by atoms with van der Waals surface area (Å²) in [7, 11) is 0. The number of rotatable bonds is 5. The molecular weight excluding hydrogens is 238 g/mol. The predicted molar refractivity (Wildman–Crippen MR) is 84.3 cm³/mol. The summed E-state index contributed by atoms with van der Waals surface area (Å²) in [6, 6.07) is 0. The van der Waals surface area contributed by atoms with E-state index in [9.17, 15) is 0 Å². The van der Waals surface area contributed by atoms with E-state index in [2.05, 4.69) is 29.1 Å². The van der Waals surface area contributed by atoms with Gasteiger partial charge in [0.1, 0.15) is 6.29 Å². The van der Waals surface area contributed by atoms with E-state index < -0.39 is 0 Å². The Hall–Kier alpha value is -1.23. The van der Waals surface area contributed by atoms with Crippen molar-refractivity contribution < 1.29 is 4.79 Å². The normalized spacial score (nSPS) is 15.2. The summed E-state index contributed by atoms with van der Waals surface area (Å²) in [4.78, 5) is 11.5. The van der Waals surface area contributed by atoms with E-state index in [0.29, 0.717) is 6.29 Å². The number of carbonyl (C=O) groups is 1. The van der Waals surface area contributed by atoms with Crippen molar-refractivity contribution in [3.8, 4) is 0 Å². The van der Waals surface area contributed by atoms with Gasteiger partial charge in [-0.3, -0.25) is 4.90 Å². The third kappa shape index (κ3) is 13.0. The van der Waals surface area contributed by atoms with Gasteiger partial charge in [-0.2, -0.15) is 0 Å². The summed E-state index contributed by atoms with van der Waals surface area (Å²) in [6.07, 6.45) is 6.40. The summed E-state index contributed by atoms with van der Waals surface area (Å²) in [5.41, 5.74) is 5.91. The second-order valence-corrected chi connectivity index (χ2v) is 3.61. The predicted octanol–water partition coefficient (Wildman–Crippen LogP) is 1.36. The van der Waals surface area contributed by atoms with Crippen molar-refractivity contribution in [3.05, 3.63) is 37.0 Å². The van der Waals surface area contributed by atoms with Gasteiger partial charge in [-0.15, -0.1) is 0 Å². The first kappa shape index (κ1) is 20.1. The van der Waals surface area contributed by atoms with Gasteiger partial charge in [-0.1, -0.05) is 45.2 Å². The van der Waals surface area contributed by atoms with Crippen molar-refractivity contribution in [2.45, 2.75) is 13.8 Å². The molecule has 0 aromatic rings. The topological polar surface area (TPSA) is 58.4 Å². The third-order valence-corrected chi connectivity index (χ3v) is 2.31. The third-order valence-electron chi connectivity index (χ3n) is 2.31. The maximum Gasteiger partial charge on any atom is 0.133 e. The van der Waals surface area contributed by atoms with Gasteiger partial charge in [-0.25, -0.2) is 0 Å². The van der Waals surface area contributed by atoms with Crippen LogP contribution in [0.1, 0.15) is 13.8 Å². The number of nitrogens with one attached hydrogen (secondary N) is 1. The Kier molecular flexibility index (Phi) is 17.7. The largest absolute Gasteiger partial charge is 0.324 e. The van der Waals surface area contributed by atoms with E-state index in [1.54, 1.807) is 0 Å². The Morgan fingerprint density at radius 1 is 1.32 bits per heavy atom. The molecule has 0 unspecified atom stereocenters. The van der Waals surface area contributed by atoms with Crippen molar-refractivity contribution in [2.24, 2.45) is 5.73 Å². The molecule has 0 aromatic carbocycles. The molecule has 0 saturated carbocycles. The zero-order valence-corrected chi connectivity index (χ0v) is 12.4. The van der Waals surface area contributed by atoms with Crippen molar-refractivity contribution in [1.29, 1.82) is 0 Å². The van der Waals surface area contributed by atoms with E-state index in [-0.39, 0.29) is 6.54 Å². The molecule has 0 radical (unpaired) electrons. The molecular formula is C15H29N3O. The highest BCUT2D eigenvalue weighted by Crippen LogP contribution is 2.02. The van der Waals surface area contributed by atoms with Gasteiger partial charge >= 0.3 is 0 Å². The van der Waals surface area contributed by atoms with Crippen LogP contribution in [-0.2, 0) is 4.79 Å². The molecule has 1 aliphatic heterocycles. The molecule has 1 aliphatic rings. The lowest BCUT2D eigenvalue weighted by Crippen LogP contribution is -2.44. The minimum absolute atomic E-state index is 0.139.